The Morgan fingerprint density at radius 1 is 1.23 bits per heavy atom. The van der Waals surface area contributed by atoms with Crippen LogP contribution in [0.25, 0.3) is 0 Å². The second-order valence-electron chi connectivity index (χ2n) is 5.49. The number of carbonyl (C=O) groups excluding carboxylic acids is 1. The van der Waals surface area contributed by atoms with E-state index < -0.39 is 15.8 Å². The smallest absolute Gasteiger partial charge is 0.307 e. The molecule has 0 aromatic heterocycles. The molecule has 1 aliphatic carbocycles. The largest absolute Gasteiger partial charge is 0.461 e. The van der Waals surface area contributed by atoms with E-state index in [9.17, 15) is 13.2 Å². The highest BCUT2D eigenvalue weighted by Crippen LogP contribution is 2.25. The third-order valence-electron chi connectivity index (χ3n) is 3.88. The van der Waals surface area contributed by atoms with Crippen LogP contribution in [0.3, 0.4) is 0 Å². The van der Waals surface area contributed by atoms with Crippen LogP contribution in [0.1, 0.15) is 43.2 Å². The number of hydrogen-bond donors (Lipinski definition) is 0. The van der Waals surface area contributed by atoms with E-state index in [0.29, 0.717) is 18.4 Å². The van der Waals surface area contributed by atoms with Crippen LogP contribution in [-0.4, -0.2) is 25.4 Å². The first-order chi connectivity index (χ1) is 10.5. The summed E-state index contributed by atoms with van der Waals surface area (Å²) in [7, 11) is -3.18. The van der Waals surface area contributed by atoms with E-state index in [1.54, 1.807) is 24.3 Å². The molecule has 1 fully saturated rings. The fourth-order valence-corrected chi connectivity index (χ4v) is 4.39. The van der Waals surface area contributed by atoms with Crippen LogP contribution in [0, 0.1) is 11.3 Å². The van der Waals surface area contributed by atoms with Crippen LogP contribution in [0.4, 0.5) is 0 Å². The first-order valence-corrected chi connectivity index (χ1v) is 9.09. The lowest BCUT2D eigenvalue weighted by Crippen LogP contribution is -2.23. The van der Waals surface area contributed by atoms with Crippen LogP contribution in [0.2, 0.25) is 0 Å². The molecule has 22 heavy (non-hydrogen) atoms. The van der Waals surface area contributed by atoms with Crippen molar-refractivity contribution >= 4 is 15.8 Å². The molecule has 6 heteroatoms. The van der Waals surface area contributed by atoms with Crippen molar-refractivity contribution in [2.75, 3.05) is 5.75 Å². The number of nitrogens with zero attached hydrogens (tertiary/aromatic N) is 1. The zero-order valence-corrected chi connectivity index (χ0v) is 13.1. The second kappa shape index (κ2) is 7.41. The van der Waals surface area contributed by atoms with Gasteiger partial charge in [0.25, 0.3) is 0 Å². The van der Waals surface area contributed by atoms with Crippen molar-refractivity contribution in [1.29, 1.82) is 5.26 Å². The third-order valence-corrected chi connectivity index (χ3v) is 6.14. The average molecular weight is 321 g/mol. The molecule has 0 spiro atoms. The van der Waals surface area contributed by atoms with Gasteiger partial charge in [-0.05, 0) is 30.5 Å². The van der Waals surface area contributed by atoms with Crippen molar-refractivity contribution in [2.24, 2.45) is 0 Å². The molecular formula is C16H19NO4S. The number of rotatable bonds is 6. The molecule has 0 bridgehead atoms. The van der Waals surface area contributed by atoms with Gasteiger partial charge in [-0.15, -0.1) is 0 Å². The van der Waals surface area contributed by atoms with Crippen LogP contribution >= 0.6 is 0 Å². The number of sulfone groups is 1. The molecule has 0 saturated heterocycles. The fraction of sp³-hybridized carbons (Fsp3) is 0.500. The Morgan fingerprint density at radius 2 is 1.86 bits per heavy atom. The van der Waals surface area contributed by atoms with Crippen LogP contribution in [-0.2, 0) is 26.0 Å². The Kier molecular flexibility index (Phi) is 5.56. The van der Waals surface area contributed by atoms with Crippen LogP contribution < -0.4 is 0 Å². The summed E-state index contributed by atoms with van der Waals surface area (Å²) in [5.41, 5.74) is 1.31. The maximum Gasteiger partial charge on any atom is 0.307 e. The normalized spacial score (nSPS) is 15.4. The van der Waals surface area contributed by atoms with Crippen molar-refractivity contribution in [3.63, 3.8) is 0 Å². The number of nitriles is 1. The van der Waals surface area contributed by atoms with E-state index in [-0.39, 0.29) is 24.0 Å². The summed E-state index contributed by atoms with van der Waals surface area (Å²) in [6.45, 7) is 0.0913. The number of esters is 1. The first kappa shape index (κ1) is 16.5. The molecule has 1 aliphatic rings. The summed E-state index contributed by atoms with van der Waals surface area (Å²) in [5, 5.41) is 8.41. The van der Waals surface area contributed by atoms with Gasteiger partial charge in [-0.2, -0.15) is 5.26 Å². The molecule has 0 heterocycles. The number of ether oxygens (including phenoxy) is 1. The highest BCUT2D eigenvalue weighted by molar-refractivity contribution is 7.92. The van der Waals surface area contributed by atoms with E-state index in [2.05, 4.69) is 0 Å². The molecule has 118 valence electrons. The summed E-state index contributed by atoms with van der Waals surface area (Å²) in [6, 6.07) is 8.72. The van der Waals surface area contributed by atoms with Gasteiger partial charge in [-0.25, -0.2) is 8.42 Å². The van der Waals surface area contributed by atoms with Crippen LogP contribution in [0.15, 0.2) is 24.3 Å². The van der Waals surface area contributed by atoms with E-state index in [1.807, 2.05) is 6.07 Å². The van der Waals surface area contributed by atoms with Crippen molar-refractivity contribution in [1.82, 2.24) is 0 Å². The predicted molar refractivity (Wildman–Crippen MR) is 81.6 cm³/mol. The third kappa shape index (κ3) is 4.57. The van der Waals surface area contributed by atoms with Crippen molar-refractivity contribution in [2.45, 2.75) is 44.0 Å². The molecule has 2 rings (SSSR count). The Bertz CT molecular complexity index is 652. The Hall–Kier alpha value is -1.87. The maximum atomic E-state index is 12.0. The van der Waals surface area contributed by atoms with Crippen molar-refractivity contribution < 1.29 is 17.9 Å². The van der Waals surface area contributed by atoms with Gasteiger partial charge < -0.3 is 4.74 Å². The van der Waals surface area contributed by atoms with Gasteiger partial charge in [0, 0.05) is 0 Å². The van der Waals surface area contributed by atoms with Gasteiger partial charge in [-0.3, -0.25) is 4.79 Å². The molecule has 0 N–H and O–H groups in total. The van der Waals surface area contributed by atoms with Crippen LogP contribution in [0.5, 0.6) is 0 Å². The standard InChI is InChI=1S/C16H19NO4S/c17-11-13-5-7-14(8-6-13)12-21-16(18)9-10-22(19,20)15-3-1-2-4-15/h5-8,15H,1-4,9-10,12H2. The van der Waals surface area contributed by atoms with Crippen molar-refractivity contribution in [3.05, 3.63) is 35.4 Å². The van der Waals surface area contributed by atoms with Gasteiger partial charge >= 0.3 is 5.97 Å². The molecule has 1 aromatic rings. The molecule has 0 atom stereocenters. The van der Waals surface area contributed by atoms with Gasteiger partial charge in [0.15, 0.2) is 9.84 Å². The Labute approximate surface area is 130 Å². The molecular weight excluding hydrogens is 302 g/mol. The number of carbonyl (C=O) groups is 1. The summed E-state index contributed by atoms with van der Waals surface area (Å²) in [6.07, 6.45) is 3.22. The van der Waals surface area contributed by atoms with E-state index in [1.165, 1.54) is 0 Å². The maximum absolute atomic E-state index is 12.0. The minimum Gasteiger partial charge on any atom is -0.461 e. The summed E-state index contributed by atoms with van der Waals surface area (Å²) < 4.78 is 29.2. The van der Waals surface area contributed by atoms with E-state index in [4.69, 9.17) is 10.00 Å². The Balaban J connectivity index is 1.76. The highest BCUT2D eigenvalue weighted by atomic mass is 32.2. The highest BCUT2D eigenvalue weighted by Gasteiger charge is 2.29. The average Bonchev–Trinajstić information content (AvgIpc) is 3.07. The van der Waals surface area contributed by atoms with E-state index in [0.717, 1.165) is 18.4 Å². The monoisotopic (exact) mass is 321 g/mol. The zero-order chi connectivity index (χ0) is 16.0. The van der Waals surface area contributed by atoms with Gasteiger partial charge in [-0.1, -0.05) is 25.0 Å². The van der Waals surface area contributed by atoms with E-state index >= 15 is 0 Å². The molecule has 0 unspecified atom stereocenters. The predicted octanol–water partition coefficient (Wildman–Crippen LogP) is 2.35. The SMILES string of the molecule is N#Cc1ccc(COC(=O)CCS(=O)(=O)C2CCCC2)cc1. The summed E-state index contributed by atoms with van der Waals surface area (Å²) in [4.78, 5) is 11.7. The minimum absolute atomic E-state index is 0.0913. The first-order valence-electron chi connectivity index (χ1n) is 7.37. The van der Waals surface area contributed by atoms with Crippen molar-refractivity contribution in [3.8, 4) is 6.07 Å². The minimum atomic E-state index is -3.18. The zero-order valence-electron chi connectivity index (χ0n) is 12.3. The lowest BCUT2D eigenvalue weighted by atomic mass is 10.2. The second-order valence-corrected chi connectivity index (χ2v) is 7.89. The fourth-order valence-electron chi connectivity index (χ4n) is 2.55. The molecule has 1 saturated carbocycles. The molecule has 0 radical (unpaired) electrons. The van der Waals surface area contributed by atoms with Gasteiger partial charge in [0.2, 0.25) is 0 Å². The van der Waals surface area contributed by atoms with Gasteiger partial charge in [0.05, 0.1) is 29.1 Å². The summed E-state index contributed by atoms with van der Waals surface area (Å²) in [5.74, 6) is -0.643. The topological polar surface area (TPSA) is 84.2 Å². The number of hydrogen-bond acceptors (Lipinski definition) is 5. The molecule has 0 aliphatic heterocycles. The lowest BCUT2D eigenvalue weighted by Gasteiger charge is -2.10. The molecule has 0 amide bonds. The molecule has 1 aromatic carbocycles. The van der Waals surface area contributed by atoms with Gasteiger partial charge in [0.1, 0.15) is 6.61 Å². The summed E-state index contributed by atoms with van der Waals surface area (Å²) >= 11 is 0. The Morgan fingerprint density at radius 3 is 2.45 bits per heavy atom. The lowest BCUT2D eigenvalue weighted by molar-refractivity contribution is -0.144. The number of benzene rings is 1. The molecule has 5 nitrogen and oxygen atoms in total. The quantitative estimate of drug-likeness (QED) is 0.751.